The Hall–Kier alpha value is -2.15. The number of rotatable bonds is 5. The van der Waals surface area contributed by atoms with Gasteiger partial charge in [-0.25, -0.2) is 9.97 Å². The zero-order chi connectivity index (χ0) is 13.1. The monoisotopic (exact) mass is 274 g/mol. The smallest absolute Gasteiger partial charge is 0.183 e. The fourth-order valence-corrected chi connectivity index (χ4v) is 2.76. The van der Waals surface area contributed by atoms with E-state index in [2.05, 4.69) is 25.5 Å². The van der Waals surface area contributed by atoms with Crippen LogP contribution in [0.15, 0.2) is 24.5 Å². The van der Waals surface area contributed by atoms with E-state index in [9.17, 15) is 0 Å². The predicted octanol–water partition coefficient (Wildman–Crippen LogP) is 2.04. The number of aromatic amines is 1. The summed E-state index contributed by atoms with van der Waals surface area (Å²) in [4.78, 5) is 8.59. The number of nitrogen functional groups attached to an aromatic ring is 1. The average Bonchev–Trinajstić information content (AvgIpc) is 3.02. The Labute approximate surface area is 114 Å². The number of thiazole rings is 1. The minimum atomic E-state index is 0.771. The van der Waals surface area contributed by atoms with Gasteiger partial charge in [0.2, 0.25) is 0 Å². The lowest BCUT2D eigenvalue weighted by Gasteiger charge is -2.00. The van der Waals surface area contributed by atoms with Crippen molar-refractivity contribution in [3.8, 4) is 0 Å². The molecule has 0 atom stereocenters. The van der Waals surface area contributed by atoms with E-state index in [1.54, 1.807) is 11.3 Å². The van der Waals surface area contributed by atoms with E-state index in [0.717, 1.165) is 46.2 Å². The molecule has 7 heteroatoms. The molecule has 0 aliphatic rings. The Balaban J connectivity index is 1.56. The van der Waals surface area contributed by atoms with Gasteiger partial charge in [-0.05, 0) is 24.6 Å². The maximum absolute atomic E-state index is 5.75. The molecule has 0 amide bonds. The van der Waals surface area contributed by atoms with Gasteiger partial charge in [-0.3, -0.25) is 5.10 Å². The van der Waals surface area contributed by atoms with Gasteiger partial charge >= 0.3 is 0 Å². The normalized spacial score (nSPS) is 10.9. The summed E-state index contributed by atoms with van der Waals surface area (Å²) in [5, 5.41) is 10.9. The summed E-state index contributed by atoms with van der Waals surface area (Å²) in [5.74, 6) is 0.916. The van der Waals surface area contributed by atoms with E-state index in [1.165, 1.54) is 6.33 Å². The second kappa shape index (κ2) is 5.23. The molecule has 0 aliphatic heterocycles. The van der Waals surface area contributed by atoms with E-state index in [0.29, 0.717) is 0 Å². The number of aryl methyl sites for hydroxylation is 1. The molecular weight excluding hydrogens is 260 g/mol. The summed E-state index contributed by atoms with van der Waals surface area (Å²) < 4.78 is 1.11. The molecule has 1 aromatic carbocycles. The van der Waals surface area contributed by atoms with Crippen LogP contribution in [0.5, 0.6) is 0 Å². The molecule has 4 N–H and O–H groups in total. The predicted molar refractivity (Wildman–Crippen MR) is 77.2 cm³/mol. The molecule has 0 spiro atoms. The second-order valence-corrected chi connectivity index (χ2v) is 5.24. The van der Waals surface area contributed by atoms with E-state index in [4.69, 9.17) is 5.73 Å². The van der Waals surface area contributed by atoms with Crippen LogP contribution in [0, 0.1) is 0 Å². The number of fused-ring (bicyclic) bond motifs is 1. The van der Waals surface area contributed by atoms with E-state index in [-0.39, 0.29) is 0 Å². The van der Waals surface area contributed by atoms with Gasteiger partial charge in [0.1, 0.15) is 12.2 Å². The lowest BCUT2D eigenvalue weighted by Crippen LogP contribution is -2.03. The van der Waals surface area contributed by atoms with Gasteiger partial charge in [0.15, 0.2) is 5.13 Å². The van der Waals surface area contributed by atoms with Crippen LogP contribution in [0.2, 0.25) is 0 Å². The van der Waals surface area contributed by atoms with Crippen LogP contribution in [0.25, 0.3) is 10.2 Å². The minimum absolute atomic E-state index is 0.771. The molecule has 0 saturated heterocycles. The fraction of sp³-hybridized carbons (Fsp3) is 0.250. The first-order chi connectivity index (χ1) is 9.31. The summed E-state index contributed by atoms with van der Waals surface area (Å²) in [6, 6.07) is 5.77. The van der Waals surface area contributed by atoms with Crippen LogP contribution in [0.4, 0.5) is 10.8 Å². The van der Waals surface area contributed by atoms with Crippen molar-refractivity contribution in [2.24, 2.45) is 0 Å². The minimum Gasteiger partial charge on any atom is -0.399 e. The second-order valence-electron chi connectivity index (χ2n) is 4.21. The van der Waals surface area contributed by atoms with Crippen molar-refractivity contribution in [1.82, 2.24) is 20.2 Å². The molecule has 0 aliphatic carbocycles. The number of nitrogens with two attached hydrogens (primary N) is 1. The SMILES string of the molecule is Nc1ccc2nc(NCCCc3ncn[nH]3)sc2c1. The topological polar surface area (TPSA) is 92.5 Å². The molecule has 3 rings (SSSR count). The van der Waals surface area contributed by atoms with Crippen molar-refractivity contribution >= 4 is 32.4 Å². The van der Waals surface area contributed by atoms with Crippen LogP contribution in [-0.2, 0) is 6.42 Å². The largest absolute Gasteiger partial charge is 0.399 e. The zero-order valence-electron chi connectivity index (χ0n) is 10.3. The van der Waals surface area contributed by atoms with Gasteiger partial charge in [-0.15, -0.1) is 0 Å². The molecule has 98 valence electrons. The van der Waals surface area contributed by atoms with Crippen LogP contribution in [0.3, 0.4) is 0 Å². The molecule has 0 unspecified atom stereocenters. The van der Waals surface area contributed by atoms with E-state index < -0.39 is 0 Å². The number of hydrogen-bond donors (Lipinski definition) is 3. The number of nitrogens with one attached hydrogen (secondary N) is 2. The fourth-order valence-electron chi connectivity index (χ4n) is 1.82. The zero-order valence-corrected chi connectivity index (χ0v) is 11.1. The lowest BCUT2D eigenvalue weighted by molar-refractivity contribution is 0.805. The van der Waals surface area contributed by atoms with Crippen LogP contribution >= 0.6 is 11.3 Å². The summed E-state index contributed by atoms with van der Waals surface area (Å²) in [5.41, 5.74) is 7.51. The van der Waals surface area contributed by atoms with E-state index >= 15 is 0 Å². The third kappa shape index (κ3) is 2.82. The van der Waals surface area contributed by atoms with Crippen molar-refractivity contribution in [2.75, 3.05) is 17.6 Å². The molecule has 0 radical (unpaired) electrons. The molecule has 2 heterocycles. The number of hydrogen-bond acceptors (Lipinski definition) is 6. The molecule has 3 aromatic rings. The van der Waals surface area contributed by atoms with Crippen molar-refractivity contribution < 1.29 is 0 Å². The molecular formula is C12H14N6S. The van der Waals surface area contributed by atoms with Crippen LogP contribution < -0.4 is 11.1 Å². The third-order valence-electron chi connectivity index (χ3n) is 2.74. The summed E-state index contributed by atoms with van der Waals surface area (Å²) in [6.45, 7) is 0.857. The Morgan fingerprint density at radius 3 is 3.16 bits per heavy atom. The number of aromatic nitrogens is 4. The number of nitrogens with zero attached hydrogens (tertiary/aromatic N) is 3. The highest BCUT2D eigenvalue weighted by Crippen LogP contribution is 2.27. The Morgan fingerprint density at radius 1 is 1.37 bits per heavy atom. The van der Waals surface area contributed by atoms with Gasteiger partial charge < -0.3 is 11.1 Å². The standard InChI is InChI=1S/C12H14N6S/c13-8-3-4-9-10(6-8)19-12(17-9)14-5-1-2-11-15-7-16-18-11/h3-4,6-7H,1-2,5,13H2,(H,14,17)(H,15,16,18). The van der Waals surface area contributed by atoms with Crippen molar-refractivity contribution in [3.05, 3.63) is 30.4 Å². The molecule has 19 heavy (non-hydrogen) atoms. The average molecular weight is 274 g/mol. The molecule has 6 nitrogen and oxygen atoms in total. The number of anilines is 2. The molecule has 2 aromatic heterocycles. The first-order valence-corrected chi connectivity index (χ1v) is 6.87. The maximum atomic E-state index is 5.75. The van der Waals surface area contributed by atoms with Gasteiger partial charge in [-0.2, -0.15) is 5.10 Å². The van der Waals surface area contributed by atoms with E-state index in [1.807, 2.05) is 18.2 Å². The Bertz CT molecular complexity index is 660. The summed E-state index contributed by atoms with van der Waals surface area (Å²) in [7, 11) is 0. The highest BCUT2D eigenvalue weighted by molar-refractivity contribution is 7.22. The van der Waals surface area contributed by atoms with Crippen LogP contribution in [0.1, 0.15) is 12.2 Å². The Kier molecular flexibility index (Phi) is 3.28. The lowest BCUT2D eigenvalue weighted by atomic mass is 10.3. The summed E-state index contributed by atoms with van der Waals surface area (Å²) >= 11 is 1.62. The van der Waals surface area contributed by atoms with Crippen molar-refractivity contribution in [3.63, 3.8) is 0 Å². The summed E-state index contributed by atoms with van der Waals surface area (Å²) in [6.07, 6.45) is 3.39. The number of benzene rings is 1. The van der Waals surface area contributed by atoms with Gasteiger partial charge in [-0.1, -0.05) is 11.3 Å². The third-order valence-corrected chi connectivity index (χ3v) is 3.72. The van der Waals surface area contributed by atoms with Crippen molar-refractivity contribution in [1.29, 1.82) is 0 Å². The van der Waals surface area contributed by atoms with Gasteiger partial charge in [0.25, 0.3) is 0 Å². The number of H-pyrrole nitrogens is 1. The van der Waals surface area contributed by atoms with Gasteiger partial charge in [0.05, 0.1) is 10.2 Å². The van der Waals surface area contributed by atoms with Gasteiger partial charge in [0, 0.05) is 18.7 Å². The quantitative estimate of drug-likeness (QED) is 0.489. The molecule has 0 fully saturated rings. The highest BCUT2D eigenvalue weighted by atomic mass is 32.1. The maximum Gasteiger partial charge on any atom is 0.183 e. The highest BCUT2D eigenvalue weighted by Gasteiger charge is 2.03. The first kappa shape index (κ1) is 11.9. The Morgan fingerprint density at radius 2 is 2.32 bits per heavy atom. The van der Waals surface area contributed by atoms with Crippen LogP contribution in [-0.4, -0.2) is 26.7 Å². The molecule has 0 saturated carbocycles. The first-order valence-electron chi connectivity index (χ1n) is 6.05. The van der Waals surface area contributed by atoms with Crippen molar-refractivity contribution in [2.45, 2.75) is 12.8 Å². The molecule has 0 bridgehead atoms.